The van der Waals surface area contributed by atoms with E-state index in [1.54, 1.807) is 12.1 Å². The summed E-state index contributed by atoms with van der Waals surface area (Å²) in [5, 5.41) is 7.51. The highest BCUT2D eigenvalue weighted by Crippen LogP contribution is 2.18. The fourth-order valence-corrected chi connectivity index (χ4v) is 3.21. The molecule has 5 nitrogen and oxygen atoms in total. The number of thioether (sulfide) groups is 1. The molecule has 0 radical (unpaired) electrons. The summed E-state index contributed by atoms with van der Waals surface area (Å²) in [6.45, 7) is 2.42. The standard InChI is InChI=1S/C19H18BrN3O2S/c1-2-13-3-9-16(10-4-13)25-11-18-21-19(23-22-18)26-12-17(24)14-5-7-15(20)8-6-14/h3-10H,2,11-12H2,1H3,(H,21,22,23). The van der Waals surface area contributed by atoms with Gasteiger partial charge in [0.2, 0.25) is 5.16 Å². The first-order chi connectivity index (χ1) is 12.6. The summed E-state index contributed by atoms with van der Waals surface area (Å²) in [6, 6.07) is 15.3. The number of nitrogens with one attached hydrogen (secondary N) is 1. The Morgan fingerprint density at radius 3 is 2.58 bits per heavy atom. The van der Waals surface area contributed by atoms with Gasteiger partial charge in [0.1, 0.15) is 12.4 Å². The number of benzene rings is 2. The van der Waals surface area contributed by atoms with Gasteiger partial charge in [0, 0.05) is 10.0 Å². The summed E-state index contributed by atoms with van der Waals surface area (Å²) in [4.78, 5) is 16.5. The Morgan fingerprint density at radius 1 is 1.15 bits per heavy atom. The van der Waals surface area contributed by atoms with Gasteiger partial charge in [-0.05, 0) is 36.2 Å². The molecule has 7 heteroatoms. The Labute approximate surface area is 164 Å². The highest BCUT2D eigenvalue weighted by atomic mass is 79.9. The van der Waals surface area contributed by atoms with E-state index in [-0.39, 0.29) is 11.5 Å². The minimum absolute atomic E-state index is 0.0427. The monoisotopic (exact) mass is 431 g/mol. The first-order valence-corrected chi connectivity index (χ1v) is 9.96. The first-order valence-electron chi connectivity index (χ1n) is 8.18. The minimum Gasteiger partial charge on any atom is -0.486 e. The number of aromatic amines is 1. The van der Waals surface area contributed by atoms with Gasteiger partial charge in [-0.3, -0.25) is 9.89 Å². The van der Waals surface area contributed by atoms with Crippen molar-refractivity contribution in [2.24, 2.45) is 0 Å². The first kappa shape index (κ1) is 18.7. The van der Waals surface area contributed by atoms with E-state index < -0.39 is 0 Å². The van der Waals surface area contributed by atoms with E-state index in [0.29, 0.717) is 23.2 Å². The van der Waals surface area contributed by atoms with Crippen LogP contribution in [0.2, 0.25) is 0 Å². The second-order valence-corrected chi connectivity index (χ2v) is 7.43. The Hall–Kier alpha value is -2.12. The van der Waals surface area contributed by atoms with Gasteiger partial charge >= 0.3 is 0 Å². The molecule has 1 N–H and O–H groups in total. The van der Waals surface area contributed by atoms with Gasteiger partial charge in [-0.2, -0.15) is 0 Å². The lowest BCUT2D eigenvalue weighted by Gasteiger charge is -2.04. The molecular weight excluding hydrogens is 414 g/mol. The molecule has 0 bridgehead atoms. The van der Waals surface area contributed by atoms with Crippen LogP contribution < -0.4 is 4.74 Å². The van der Waals surface area contributed by atoms with Crippen molar-refractivity contribution >= 4 is 33.5 Å². The maximum Gasteiger partial charge on any atom is 0.208 e. The molecule has 1 aromatic heterocycles. The molecule has 0 atom stereocenters. The van der Waals surface area contributed by atoms with Crippen molar-refractivity contribution in [3.63, 3.8) is 0 Å². The van der Waals surface area contributed by atoms with E-state index in [4.69, 9.17) is 4.74 Å². The second kappa shape index (κ2) is 9.00. The fourth-order valence-electron chi connectivity index (χ4n) is 2.23. The molecule has 26 heavy (non-hydrogen) atoms. The zero-order valence-electron chi connectivity index (χ0n) is 14.2. The molecule has 0 unspecified atom stereocenters. The van der Waals surface area contributed by atoms with Crippen molar-refractivity contribution in [1.29, 1.82) is 0 Å². The smallest absolute Gasteiger partial charge is 0.208 e. The summed E-state index contributed by atoms with van der Waals surface area (Å²) in [5.74, 6) is 1.75. The van der Waals surface area contributed by atoms with Crippen LogP contribution in [0.25, 0.3) is 0 Å². The van der Waals surface area contributed by atoms with Crippen LogP contribution in [0.5, 0.6) is 5.75 Å². The van der Waals surface area contributed by atoms with Gasteiger partial charge in [-0.25, -0.2) is 4.98 Å². The van der Waals surface area contributed by atoms with Crippen LogP contribution in [0.4, 0.5) is 0 Å². The van der Waals surface area contributed by atoms with Crippen molar-refractivity contribution < 1.29 is 9.53 Å². The molecule has 134 valence electrons. The Balaban J connectivity index is 1.49. The van der Waals surface area contributed by atoms with E-state index in [1.165, 1.54) is 17.3 Å². The van der Waals surface area contributed by atoms with Crippen LogP contribution in [-0.2, 0) is 13.0 Å². The lowest BCUT2D eigenvalue weighted by Crippen LogP contribution is -2.02. The van der Waals surface area contributed by atoms with Gasteiger partial charge in [0.25, 0.3) is 0 Å². The van der Waals surface area contributed by atoms with E-state index in [1.807, 2.05) is 36.4 Å². The van der Waals surface area contributed by atoms with Gasteiger partial charge in [-0.15, -0.1) is 5.10 Å². The van der Waals surface area contributed by atoms with Gasteiger partial charge < -0.3 is 4.74 Å². The molecule has 3 rings (SSSR count). The predicted octanol–water partition coefficient (Wildman–Crippen LogP) is 4.68. The minimum atomic E-state index is 0.0427. The van der Waals surface area contributed by atoms with Crippen molar-refractivity contribution in [1.82, 2.24) is 15.2 Å². The number of carbonyl (C=O) groups is 1. The number of hydrogen-bond acceptors (Lipinski definition) is 5. The average Bonchev–Trinajstić information content (AvgIpc) is 3.13. The number of nitrogens with zero attached hydrogens (tertiary/aromatic N) is 2. The maximum absolute atomic E-state index is 12.2. The van der Waals surface area contributed by atoms with Crippen LogP contribution >= 0.6 is 27.7 Å². The number of ketones is 1. The largest absolute Gasteiger partial charge is 0.486 e. The van der Waals surface area contributed by atoms with E-state index >= 15 is 0 Å². The van der Waals surface area contributed by atoms with Gasteiger partial charge in [0.05, 0.1) is 5.75 Å². The molecule has 0 aliphatic carbocycles. The highest BCUT2D eigenvalue weighted by Gasteiger charge is 2.10. The quantitative estimate of drug-likeness (QED) is 0.414. The molecule has 3 aromatic rings. The molecule has 0 saturated carbocycles. The molecule has 0 aliphatic rings. The van der Waals surface area contributed by atoms with Crippen molar-refractivity contribution in [2.45, 2.75) is 25.1 Å². The third-order valence-electron chi connectivity index (χ3n) is 3.72. The average molecular weight is 432 g/mol. The number of carbonyl (C=O) groups excluding carboxylic acids is 1. The summed E-state index contributed by atoms with van der Waals surface area (Å²) in [7, 11) is 0. The van der Waals surface area contributed by atoms with E-state index in [9.17, 15) is 4.79 Å². The number of halogens is 1. The molecule has 1 heterocycles. The highest BCUT2D eigenvalue weighted by molar-refractivity contribution is 9.10. The summed E-state index contributed by atoms with van der Waals surface area (Å²) >= 11 is 4.66. The van der Waals surface area contributed by atoms with Crippen LogP contribution in [0.3, 0.4) is 0 Å². The maximum atomic E-state index is 12.2. The molecular formula is C19H18BrN3O2S. The van der Waals surface area contributed by atoms with E-state index in [2.05, 4.69) is 38.0 Å². The molecule has 2 aromatic carbocycles. The Bertz CT molecular complexity index is 863. The van der Waals surface area contributed by atoms with Crippen molar-refractivity contribution in [3.8, 4) is 5.75 Å². The molecule has 0 amide bonds. The Morgan fingerprint density at radius 2 is 1.88 bits per heavy atom. The SMILES string of the molecule is CCc1ccc(OCc2nc(SCC(=O)c3ccc(Br)cc3)n[nH]2)cc1. The van der Waals surface area contributed by atoms with Gasteiger partial charge in [0.15, 0.2) is 11.6 Å². The Kier molecular flexibility index (Phi) is 6.46. The predicted molar refractivity (Wildman–Crippen MR) is 106 cm³/mol. The number of ether oxygens (including phenoxy) is 1. The summed E-state index contributed by atoms with van der Waals surface area (Å²) in [6.07, 6.45) is 1.00. The number of hydrogen-bond donors (Lipinski definition) is 1. The van der Waals surface area contributed by atoms with E-state index in [0.717, 1.165) is 16.6 Å². The zero-order chi connectivity index (χ0) is 18.4. The molecule has 0 spiro atoms. The lowest BCUT2D eigenvalue weighted by molar-refractivity contribution is 0.102. The molecule has 0 saturated heterocycles. The number of aryl methyl sites for hydroxylation is 1. The normalized spacial score (nSPS) is 10.7. The molecule has 0 aliphatic heterocycles. The fraction of sp³-hybridized carbons (Fsp3) is 0.211. The third kappa shape index (κ3) is 5.19. The van der Waals surface area contributed by atoms with Crippen LogP contribution in [0, 0.1) is 0 Å². The third-order valence-corrected chi connectivity index (χ3v) is 5.09. The second-order valence-electron chi connectivity index (χ2n) is 5.57. The number of rotatable bonds is 8. The van der Waals surface area contributed by atoms with Gasteiger partial charge in [-0.1, -0.05) is 58.9 Å². The number of aromatic nitrogens is 3. The number of Topliss-reactive ketones (excluding diaryl/α,β-unsaturated/α-hetero) is 1. The van der Waals surface area contributed by atoms with Crippen molar-refractivity contribution in [2.75, 3.05) is 5.75 Å². The number of H-pyrrole nitrogens is 1. The van der Waals surface area contributed by atoms with Crippen LogP contribution in [-0.4, -0.2) is 26.7 Å². The zero-order valence-corrected chi connectivity index (χ0v) is 16.6. The van der Waals surface area contributed by atoms with Crippen LogP contribution in [0.15, 0.2) is 58.2 Å². The summed E-state index contributed by atoms with van der Waals surface area (Å²) < 4.78 is 6.65. The van der Waals surface area contributed by atoms with Crippen molar-refractivity contribution in [3.05, 3.63) is 70.0 Å². The molecule has 0 fully saturated rings. The topological polar surface area (TPSA) is 67.9 Å². The lowest BCUT2D eigenvalue weighted by atomic mass is 10.2. The summed E-state index contributed by atoms with van der Waals surface area (Å²) in [5.41, 5.74) is 1.95. The van der Waals surface area contributed by atoms with Crippen LogP contribution in [0.1, 0.15) is 28.7 Å².